The summed E-state index contributed by atoms with van der Waals surface area (Å²) in [6.45, 7) is -0.918. The fourth-order valence-corrected chi connectivity index (χ4v) is 3.98. The molecule has 0 fully saturated rings. The Morgan fingerprint density at radius 2 is 1.41 bits per heavy atom. The van der Waals surface area contributed by atoms with Crippen LogP contribution < -0.4 is 5.32 Å². The van der Waals surface area contributed by atoms with E-state index in [1.165, 1.54) is 7.11 Å². The lowest BCUT2D eigenvalue weighted by atomic mass is 9.85. The number of carbonyl (C=O) groups is 1. The largest absolute Gasteiger partial charge is 0.468 e. The van der Waals surface area contributed by atoms with Gasteiger partial charge in [0.15, 0.2) is 0 Å². The molecular formula is C27H25F6NO3. The Morgan fingerprint density at radius 1 is 0.838 bits per heavy atom. The van der Waals surface area contributed by atoms with Crippen molar-refractivity contribution in [3.63, 3.8) is 0 Å². The zero-order valence-electron chi connectivity index (χ0n) is 19.8. The van der Waals surface area contributed by atoms with Crippen molar-refractivity contribution in [2.24, 2.45) is 0 Å². The van der Waals surface area contributed by atoms with Gasteiger partial charge < -0.3 is 14.8 Å². The van der Waals surface area contributed by atoms with Crippen molar-refractivity contribution in [1.29, 1.82) is 0 Å². The van der Waals surface area contributed by atoms with Crippen molar-refractivity contribution in [2.75, 3.05) is 20.3 Å². The SMILES string of the molecule is COC(=O)CNC(COCc1ccc(C(F)(F)F)cc1C(F)(F)F)C(c1ccccc1)c1ccccc1. The van der Waals surface area contributed by atoms with E-state index in [0.29, 0.717) is 6.07 Å². The molecule has 3 rings (SSSR count). The van der Waals surface area contributed by atoms with Crippen LogP contribution in [0.2, 0.25) is 0 Å². The molecule has 198 valence electrons. The fourth-order valence-electron chi connectivity index (χ4n) is 3.98. The Hall–Kier alpha value is -3.37. The number of esters is 1. The van der Waals surface area contributed by atoms with E-state index in [1.807, 2.05) is 60.7 Å². The Kier molecular flexibility index (Phi) is 9.34. The highest BCUT2D eigenvalue weighted by atomic mass is 19.4. The van der Waals surface area contributed by atoms with Crippen LogP contribution in [-0.4, -0.2) is 32.3 Å². The highest BCUT2D eigenvalue weighted by Gasteiger charge is 2.38. The maximum absolute atomic E-state index is 13.5. The number of hydrogen-bond donors (Lipinski definition) is 1. The molecular weight excluding hydrogens is 500 g/mol. The summed E-state index contributed by atoms with van der Waals surface area (Å²) in [6.07, 6.45) is -9.92. The third-order valence-corrected chi connectivity index (χ3v) is 5.75. The first-order chi connectivity index (χ1) is 17.5. The van der Waals surface area contributed by atoms with Gasteiger partial charge in [0, 0.05) is 12.0 Å². The summed E-state index contributed by atoms with van der Waals surface area (Å²) < 4.78 is 89.9. The number of benzene rings is 3. The molecule has 0 amide bonds. The zero-order valence-corrected chi connectivity index (χ0v) is 19.8. The van der Waals surface area contributed by atoms with Crippen LogP contribution in [0.15, 0.2) is 78.9 Å². The Labute approximate surface area is 210 Å². The van der Waals surface area contributed by atoms with Crippen LogP contribution >= 0.6 is 0 Å². The van der Waals surface area contributed by atoms with Gasteiger partial charge in [-0.3, -0.25) is 4.79 Å². The number of nitrogens with one attached hydrogen (secondary N) is 1. The molecule has 1 unspecified atom stereocenters. The smallest absolute Gasteiger partial charge is 0.416 e. The van der Waals surface area contributed by atoms with Crippen molar-refractivity contribution in [3.8, 4) is 0 Å². The second-order valence-corrected chi connectivity index (χ2v) is 8.25. The maximum atomic E-state index is 13.5. The summed E-state index contributed by atoms with van der Waals surface area (Å²) in [5, 5.41) is 3.06. The maximum Gasteiger partial charge on any atom is 0.416 e. The third-order valence-electron chi connectivity index (χ3n) is 5.75. The number of methoxy groups -OCH3 is 1. The minimum atomic E-state index is -5.00. The van der Waals surface area contributed by atoms with E-state index < -0.39 is 47.7 Å². The highest BCUT2D eigenvalue weighted by molar-refractivity contribution is 5.71. The first-order valence-corrected chi connectivity index (χ1v) is 11.3. The molecule has 0 aliphatic heterocycles. The summed E-state index contributed by atoms with van der Waals surface area (Å²) in [7, 11) is 1.23. The van der Waals surface area contributed by atoms with E-state index in [2.05, 4.69) is 5.32 Å². The van der Waals surface area contributed by atoms with Gasteiger partial charge in [-0.1, -0.05) is 66.7 Å². The van der Waals surface area contributed by atoms with E-state index in [0.717, 1.165) is 17.2 Å². The van der Waals surface area contributed by atoms with Crippen LogP contribution in [0.25, 0.3) is 0 Å². The van der Waals surface area contributed by atoms with Crippen LogP contribution in [0.5, 0.6) is 0 Å². The van der Waals surface area contributed by atoms with E-state index in [1.54, 1.807) is 0 Å². The van der Waals surface area contributed by atoms with Crippen molar-refractivity contribution >= 4 is 5.97 Å². The summed E-state index contributed by atoms with van der Waals surface area (Å²) in [5.41, 5.74) is -1.50. The van der Waals surface area contributed by atoms with Crippen molar-refractivity contribution in [1.82, 2.24) is 5.32 Å². The molecule has 37 heavy (non-hydrogen) atoms. The van der Waals surface area contributed by atoms with Gasteiger partial charge in [-0.15, -0.1) is 0 Å². The molecule has 0 saturated heterocycles. The van der Waals surface area contributed by atoms with E-state index in [9.17, 15) is 31.1 Å². The molecule has 0 aromatic heterocycles. The van der Waals surface area contributed by atoms with Crippen molar-refractivity contribution < 1.29 is 40.6 Å². The van der Waals surface area contributed by atoms with Gasteiger partial charge in [0.25, 0.3) is 0 Å². The van der Waals surface area contributed by atoms with Gasteiger partial charge in [-0.05, 0) is 28.8 Å². The molecule has 4 nitrogen and oxygen atoms in total. The van der Waals surface area contributed by atoms with Crippen LogP contribution in [0, 0.1) is 0 Å². The molecule has 1 N–H and O–H groups in total. The van der Waals surface area contributed by atoms with Gasteiger partial charge in [0.05, 0.1) is 38.0 Å². The van der Waals surface area contributed by atoms with Gasteiger partial charge in [-0.2, -0.15) is 26.3 Å². The lowest BCUT2D eigenvalue weighted by Crippen LogP contribution is -2.42. The Morgan fingerprint density at radius 3 is 1.89 bits per heavy atom. The lowest BCUT2D eigenvalue weighted by molar-refractivity contribution is -0.144. The predicted octanol–water partition coefficient (Wildman–Crippen LogP) is 6.20. The first-order valence-electron chi connectivity index (χ1n) is 11.3. The van der Waals surface area contributed by atoms with Crippen molar-refractivity contribution in [3.05, 3.63) is 107 Å². The van der Waals surface area contributed by atoms with Gasteiger partial charge in [0.1, 0.15) is 0 Å². The molecule has 10 heteroatoms. The van der Waals surface area contributed by atoms with Crippen molar-refractivity contribution in [2.45, 2.75) is 30.9 Å². The molecule has 0 saturated carbocycles. The van der Waals surface area contributed by atoms with E-state index in [4.69, 9.17) is 9.47 Å². The predicted molar refractivity (Wildman–Crippen MR) is 125 cm³/mol. The van der Waals surface area contributed by atoms with E-state index >= 15 is 0 Å². The lowest BCUT2D eigenvalue weighted by Gasteiger charge is -2.29. The van der Waals surface area contributed by atoms with Crippen LogP contribution in [0.1, 0.15) is 33.7 Å². The molecule has 3 aromatic carbocycles. The zero-order chi connectivity index (χ0) is 27.1. The van der Waals surface area contributed by atoms with E-state index in [-0.39, 0.29) is 25.1 Å². The quantitative estimate of drug-likeness (QED) is 0.253. The normalized spacial score (nSPS) is 13.0. The molecule has 0 spiro atoms. The summed E-state index contributed by atoms with van der Waals surface area (Å²) in [5.74, 6) is -0.909. The topological polar surface area (TPSA) is 47.6 Å². The molecule has 0 aliphatic rings. The summed E-state index contributed by atoms with van der Waals surface area (Å²) >= 11 is 0. The molecule has 1 atom stereocenters. The van der Waals surface area contributed by atoms with Crippen LogP contribution in [0.4, 0.5) is 26.3 Å². The Balaban J connectivity index is 1.89. The number of rotatable bonds is 10. The molecule has 0 bridgehead atoms. The molecule has 0 aliphatic carbocycles. The average molecular weight is 525 g/mol. The summed E-state index contributed by atoms with van der Waals surface area (Å²) in [4.78, 5) is 11.8. The third kappa shape index (κ3) is 7.80. The monoisotopic (exact) mass is 525 g/mol. The number of hydrogen-bond acceptors (Lipinski definition) is 4. The number of ether oxygens (including phenoxy) is 2. The number of alkyl halides is 6. The average Bonchev–Trinajstić information content (AvgIpc) is 2.87. The van der Waals surface area contributed by atoms with Crippen LogP contribution in [-0.2, 0) is 33.2 Å². The van der Waals surface area contributed by atoms with Gasteiger partial charge >= 0.3 is 18.3 Å². The number of carbonyl (C=O) groups excluding carboxylic acids is 1. The number of halogens is 6. The molecule has 3 aromatic rings. The van der Waals surface area contributed by atoms with Crippen LogP contribution in [0.3, 0.4) is 0 Å². The first kappa shape index (κ1) is 28.2. The molecule has 0 heterocycles. The fraction of sp³-hybridized carbons (Fsp3) is 0.296. The van der Waals surface area contributed by atoms with Gasteiger partial charge in [-0.25, -0.2) is 0 Å². The standard InChI is InChI=1S/C27H25F6NO3/c1-36-24(35)15-34-23(25(18-8-4-2-5-9-18)19-10-6-3-7-11-19)17-37-16-20-12-13-21(26(28,29)30)14-22(20)27(31,32)33/h2-14,23,25,34H,15-17H2,1H3. The minimum Gasteiger partial charge on any atom is -0.468 e. The Bertz CT molecular complexity index is 1110. The molecule has 0 radical (unpaired) electrons. The minimum absolute atomic E-state index is 0.0857. The second-order valence-electron chi connectivity index (χ2n) is 8.25. The van der Waals surface area contributed by atoms with Gasteiger partial charge in [0.2, 0.25) is 0 Å². The second kappa shape index (κ2) is 12.2. The highest BCUT2D eigenvalue weighted by Crippen LogP contribution is 2.37. The summed E-state index contributed by atoms with van der Waals surface area (Å²) in [6, 6.07) is 19.4.